The van der Waals surface area contributed by atoms with Crippen LogP contribution in [0, 0.1) is 6.92 Å². The van der Waals surface area contributed by atoms with E-state index in [2.05, 4.69) is 60.7 Å². The van der Waals surface area contributed by atoms with E-state index in [1.807, 2.05) is 0 Å². The zero-order valence-corrected chi connectivity index (χ0v) is 17.8. The first kappa shape index (κ1) is 22.7. The minimum absolute atomic E-state index is 0. The number of benzene rings is 1. The first-order valence-electron chi connectivity index (χ1n) is 8.23. The predicted octanol–water partition coefficient (Wildman–Crippen LogP) is 2.75. The monoisotopic (exact) mass is 446 g/mol. The Hall–Kier alpha value is -1.31. The molecule has 0 saturated heterocycles. The number of amides is 1. The highest BCUT2D eigenvalue weighted by Gasteiger charge is 2.08. The fourth-order valence-corrected chi connectivity index (χ4v) is 1.97. The molecule has 0 fully saturated rings. The van der Waals surface area contributed by atoms with Crippen LogP contribution >= 0.6 is 24.0 Å². The topological polar surface area (TPSA) is 56.7 Å². The summed E-state index contributed by atoms with van der Waals surface area (Å²) in [6.07, 6.45) is 1.01. The Kier molecular flexibility index (Phi) is 11.4. The van der Waals surface area contributed by atoms with Crippen molar-refractivity contribution in [2.45, 2.75) is 33.1 Å². The highest BCUT2D eigenvalue weighted by molar-refractivity contribution is 14.0. The number of carbonyl (C=O) groups is 1. The van der Waals surface area contributed by atoms with Gasteiger partial charge in [0, 0.05) is 27.2 Å². The molecular formula is C18H31IN4O. The van der Waals surface area contributed by atoms with Crippen molar-refractivity contribution in [3.05, 3.63) is 35.4 Å². The number of rotatable bonds is 7. The standard InChI is InChI=1S/C18H30N4O.HI/c1-6-11-19-18(21-13-17(23)22(4)5)20-12-15(3)16-9-7-14(2)8-10-16;/h7-10,15H,6,11-13H2,1-5H3,(H2,19,20,21);1H. The van der Waals surface area contributed by atoms with Crippen LogP contribution in [0.25, 0.3) is 0 Å². The molecule has 1 rings (SSSR count). The zero-order valence-electron chi connectivity index (χ0n) is 15.4. The van der Waals surface area contributed by atoms with E-state index in [4.69, 9.17) is 0 Å². The molecule has 0 bridgehead atoms. The molecule has 1 aromatic carbocycles. The maximum atomic E-state index is 11.7. The zero-order chi connectivity index (χ0) is 17.2. The number of likely N-dealkylation sites (N-methyl/N-ethyl adjacent to an activating group) is 1. The summed E-state index contributed by atoms with van der Waals surface area (Å²) < 4.78 is 0. The number of nitrogens with one attached hydrogen (secondary N) is 2. The summed E-state index contributed by atoms with van der Waals surface area (Å²) in [5, 5.41) is 6.58. The third-order valence-corrected chi connectivity index (χ3v) is 3.64. The molecule has 1 unspecified atom stereocenters. The molecule has 2 N–H and O–H groups in total. The van der Waals surface area contributed by atoms with Gasteiger partial charge in [0.25, 0.3) is 0 Å². The van der Waals surface area contributed by atoms with Crippen LogP contribution in [-0.4, -0.2) is 50.5 Å². The Morgan fingerprint density at radius 1 is 1.21 bits per heavy atom. The maximum absolute atomic E-state index is 11.7. The van der Waals surface area contributed by atoms with Crippen molar-refractivity contribution in [2.24, 2.45) is 4.99 Å². The Morgan fingerprint density at radius 3 is 2.38 bits per heavy atom. The van der Waals surface area contributed by atoms with Crippen LogP contribution in [0.15, 0.2) is 29.3 Å². The summed E-state index contributed by atoms with van der Waals surface area (Å²) in [5.41, 5.74) is 2.56. The molecule has 5 nitrogen and oxygen atoms in total. The number of hydrogen-bond acceptors (Lipinski definition) is 2. The summed E-state index contributed by atoms with van der Waals surface area (Å²) >= 11 is 0. The number of aliphatic imine (C=N–C) groups is 1. The van der Waals surface area contributed by atoms with Crippen molar-refractivity contribution in [1.82, 2.24) is 15.5 Å². The Morgan fingerprint density at radius 2 is 1.83 bits per heavy atom. The van der Waals surface area contributed by atoms with Crippen molar-refractivity contribution in [3.63, 3.8) is 0 Å². The van der Waals surface area contributed by atoms with Crippen LogP contribution in [0.4, 0.5) is 0 Å². The van der Waals surface area contributed by atoms with Gasteiger partial charge in [0.15, 0.2) is 5.96 Å². The smallest absolute Gasteiger partial charge is 0.243 e. The molecule has 0 saturated carbocycles. The van der Waals surface area contributed by atoms with Gasteiger partial charge in [0.1, 0.15) is 6.54 Å². The van der Waals surface area contributed by atoms with Gasteiger partial charge in [0.2, 0.25) is 5.91 Å². The van der Waals surface area contributed by atoms with Gasteiger partial charge in [-0.25, -0.2) is 4.99 Å². The SMILES string of the molecule is CCCNC(=NCC(=O)N(C)C)NCC(C)c1ccc(C)cc1.I. The summed E-state index contributed by atoms with van der Waals surface area (Å²) in [7, 11) is 3.48. The van der Waals surface area contributed by atoms with E-state index in [1.165, 1.54) is 11.1 Å². The Bertz CT molecular complexity index is 514. The number of guanidine groups is 1. The Balaban J connectivity index is 0.00000529. The number of aryl methyl sites for hydroxylation is 1. The van der Waals surface area contributed by atoms with Crippen molar-refractivity contribution in [3.8, 4) is 0 Å². The molecule has 24 heavy (non-hydrogen) atoms. The first-order chi connectivity index (χ1) is 10.9. The van der Waals surface area contributed by atoms with E-state index in [0.29, 0.717) is 11.9 Å². The normalized spacial score (nSPS) is 12.1. The molecule has 0 spiro atoms. The second kappa shape index (κ2) is 12.1. The van der Waals surface area contributed by atoms with E-state index in [-0.39, 0.29) is 36.4 Å². The molecule has 0 aliphatic rings. The van der Waals surface area contributed by atoms with Crippen LogP contribution in [0.1, 0.15) is 37.3 Å². The second-order valence-electron chi connectivity index (χ2n) is 6.07. The highest BCUT2D eigenvalue weighted by Crippen LogP contribution is 2.14. The fourth-order valence-electron chi connectivity index (χ4n) is 1.97. The molecule has 0 radical (unpaired) electrons. The number of halogens is 1. The van der Waals surface area contributed by atoms with Crippen molar-refractivity contribution < 1.29 is 4.79 Å². The van der Waals surface area contributed by atoms with Gasteiger partial charge in [0.05, 0.1) is 0 Å². The van der Waals surface area contributed by atoms with E-state index in [9.17, 15) is 4.79 Å². The van der Waals surface area contributed by atoms with Crippen LogP contribution in [0.3, 0.4) is 0 Å². The van der Waals surface area contributed by atoms with Crippen LogP contribution < -0.4 is 10.6 Å². The van der Waals surface area contributed by atoms with Gasteiger partial charge < -0.3 is 15.5 Å². The number of nitrogens with zero attached hydrogens (tertiary/aromatic N) is 2. The van der Waals surface area contributed by atoms with Gasteiger partial charge in [-0.1, -0.05) is 43.7 Å². The predicted molar refractivity (Wildman–Crippen MR) is 112 cm³/mol. The van der Waals surface area contributed by atoms with E-state index in [1.54, 1.807) is 19.0 Å². The summed E-state index contributed by atoms with van der Waals surface area (Å²) in [4.78, 5) is 17.6. The molecule has 136 valence electrons. The lowest BCUT2D eigenvalue weighted by atomic mass is 10.0. The molecule has 0 aliphatic carbocycles. The van der Waals surface area contributed by atoms with E-state index >= 15 is 0 Å². The molecular weight excluding hydrogens is 415 g/mol. The maximum Gasteiger partial charge on any atom is 0.243 e. The van der Waals surface area contributed by atoms with Gasteiger partial charge >= 0.3 is 0 Å². The van der Waals surface area contributed by atoms with Crippen LogP contribution in [0.5, 0.6) is 0 Å². The average Bonchev–Trinajstić information content (AvgIpc) is 2.54. The summed E-state index contributed by atoms with van der Waals surface area (Å²) in [6, 6.07) is 8.58. The lowest BCUT2D eigenvalue weighted by molar-refractivity contribution is -0.127. The molecule has 6 heteroatoms. The number of carbonyl (C=O) groups excluding carboxylic acids is 1. The van der Waals surface area contributed by atoms with Gasteiger partial charge in [-0.3, -0.25) is 4.79 Å². The van der Waals surface area contributed by atoms with Crippen molar-refractivity contribution in [2.75, 3.05) is 33.7 Å². The van der Waals surface area contributed by atoms with Crippen molar-refractivity contribution >= 4 is 35.8 Å². The van der Waals surface area contributed by atoms with E-state index < -0.39 is 0 Å². The summed E-state index contributed by atoms with van der Waals surface area (Å²) in [6.45, 7) is 8.14. The minimum Gasteiger partial charge on any atom is -0.356 e. The van der Waals surface area contributed by atoms with Crippen molar-refractivity contribution in [1.29, 1.82) is 0 Å². The van der Waals surface area contributed by atoms with Gasteiger partial charge in [-0.05, 0) is 24.8 Å². The lowest BCUT2D eigenvalue weighted by Crippen LogP contribution is -2.40. The average molecular weight is 446 g/mol. The van der Waals surface area contributed by atoms with E-state index in [0.717, 1.165) is 19.5 Å². The number of hydrogen-bond donors (Lipinski definition) is 2. The van der Waals surface area contributed by atoms with Gasteiger partial charge in [-0.2, -0.15) is 0 Å². The Labute approximate surface area is 163 Å². The molecule has 0 heterocycles. The minimum atomic E-state index is -0.00539. The fraction of sp³-hybridized carbons (Fsp3) is 0.556. The van der Waals surface area contributed by atoms with Gasteiger partial charge in [-0.15, -0.1) is 24.0 Å². The molecule has 0 aliphatic heterocycles. The summed E-state index contributed by atoms with van der Waals surface area (Å²) in [5.74, 6) is 1.06. The molecule has 1 amide bonds. The van der Waals surface area contributed by atoms with Crippen LogP contribution in [-0.2, 0) is 4.79 Å². The third-order valence-electron chi connectivity index (χ3n) is 3.64. The molecule has 1 atom stereocenters. The second-order valence-corrected chi connectivity index (χ2v) is 6.07. The van der Waals surface area contributed by atoms with Crippen LogP contribution in [0.2, 0.25) is 0 Å². The first-order valence-corrected chi connectivity index (χ1v) is 8.23. The third kappa shape index (κ3) is 8.52. The highest BCUT2D eigenvalue weighted by atomic mass is 127. The quantitative estimate of drug-likeness (QED) is 0.385. The molecule has 0 aromatic heterocycles. The lowest BCUT2D eigenvalue weighted by Gasteiger charge is -2.17. The molecule has 1 aromatic rings. The largest absolute Gasteiger partial charge is 0.356 e.